The van der Waals surface area contributed by atoms with Crippen LogP contribution >= 0.6 is 11.8 Å². The largest absolute Gasteiger partial charge is 0.573 e. The maximum atomic E-state index is 12.0. The maximum Gasteiger partial charge on any atom is 0.573 e. The van der Waals surface area contributed by atoms with Gasteiger partial charge in [-0.25, -0.2) is 0 Å². The molecule has 0 heterocycles. The van der Waals surface area contributed by atoms with Gasteiger partial charge < -0.3 is 10.5 Å². The molecule has 0 atom stereocenters. The molecule has 0 bridgehead atoms. The summed E-state index contributed by atoms with van der Waals surface area (Å²) in [6.45, 7) is 1.63. The standard InChI is InChI=1S/C11H10F3NOS/c1-7-5-8(16-11(12,13)14)6-10(15)9(7)3-4-17-2/h5-6H,15H2,1-2H3. The maximum absolute atomic E-state index is 12.0. The minimum Gasteiger partial charge on any atom is -0.406 e. The quantitative estimate of drug-likeness (QED) is 0.623. The number of aryl methyl sites for hydroxylation is 1. The molecule has 1 rings (SSSR count). The van der Waals surface area contributed by atoms with Crippen LogP contribution in [0.1, 0.15) is 11.1 Å². The van der Waals surface area contributed by atoms with Crippen LogP contribution in [-0.2, 0) is 0 Å². The second-order valence-electron chi connectivity index (χ2n) is 3.18. The number of anilines is 1. The Morgan fingerprint density at radius 2 is 2.00 bits per heavy atom. The number of nitrogen functional groups attached to an aromatic ring is 1. The van der Waals surface area contributed by atoms with Crippen molar-refractivity contribution >= 4 is 17.4 Å². The zero-order valence-corrected chi connectivity index (χ0v) is 10.00. The molecule has 6 heteroatoms. The van der Waals surface area contributed by atoms with E-state index >= 15 is 0 Å². The second-order valence-corrected chi connectivity index (χ2v) is 3.80. The predicted molar refractivity (Wildman–Crippen MR) is 62.7 cm³/mol. The second kappa shape index (κ2) is 5.23. The van der Waals surface area contributed by atoms with E-state index in [0.717, 1.165) is 6.07 Å². The van der Waals surface area contributed by atoms with Crippen LogP contribution in [0.15, 0.2) is 12.1 Å². The number of rotatable bonds is 1. The number of alkyl halides is 3. The molecule has 0 saturated heterocycles. The molecule has 0 amide bonds. The first kappa shape index (κ1) is 13.6. The van der Waals surface area contributed by atoms with E-state index in [1.807, 2.05) is 0 Å². The smallest absolute Gasteiger partial charge is 0.406 e. The van der Waals surface area contributed by atoms with Crippen LogP contribution < -0.4 is 10.5 Å². The SMILES string of the molecule is CSC#Cc1c(C)cc(OC(F)(F)F)cc1N. The average Bonchev–Trinajstić information content (AvgIpc) is 2.13. The first-order chi connectivity index (χ1) is 7.83. The molecule has 2 N–H and O–H groups in total. The highest BCUT2D eigenvalue weighted by molar-refractivity contribution is 8.03. The summed E-state index contributed by atoms with van der Waals surface area (Å²) in [6.07, 6.45) is -2.93. The number of nitrogens with two attached hydrogens (primary N) is 1. The molecule has 0 spiro atoms. The first-order valence-electron chi connectivity index (χ1n) is 4.53. The van der Waals surface area contributed by atoms with E-state index in [1.54, 1.807) is 13.2 Å². The van der Waals surface area contributed by atoms with Crippen LogP contribution in [0.4, 0.5) is 18.9 Å². The number of ether oxygens (including phenoxy) is 1. The summed E-state index contributed by atoms with van der Waals surface area (Å²) >= 11 is 1.30. The molecule has 17 heavy (non-hydrogen) atoms. The van der Waals surface area contributed by atoms with Crippen molar-refractivity contribution in [3.05, 3.63) is 23.3 Å². The summed E-state index contributed by atoms with van der Waals surface area (Å²) in [6, 6.07) is 2.37. The lowest BCUT2D eigenvalue weighted by atomic mass is 10.1. The van der Waals surface area contributed by atoms with Crippen molar-refractivity contribution in [2.24, 2.45) is 0 Å². The minimum absolute atomic E-state index is 0.172. The molecule has 0 aliphatic rings. The van der Waals surface area contributed by atoms with Crippen LogP contribution in [0, 0.1) is 18.1 Å². The van der Waals surface area contributed by atoms with Crippen molar-refractivity contribution in [2.45, 2.75) is 13.3 Å². The molecule has 0 aliphatic heterocycles. The summed E-state index contributed by atoms with van der Waals surface area (Å²) in [7, 11) is 0. The fourth-order valence-corrected chi connectivity index (χ4v) is 1.45. The molecule has 0 saturated carbocycles. The molecule has 0 unspecified atom stereocenters. The van der Waals surface area contributed by atoms with Gasteiger partial charge in [-0.05, 0) is 30.1 Å². The van der Waals surface area contributed by atoms with Crippen molar-refractivity contribution < 1.29 is 17.9 Å². The molecule has 92 valence electrons. The molecular weight excluding hydrogens is 251 g/mol. The average molecular weight is 261 g/mol. The monoisotopic (exact) mass is 261 g/mol. The topological polar surface area (TPSA) is 35.2 Å². The molecule has 0 aromatic heterocycles. The van der Waals surface area contributed by atoms with Gasteiger partial charge in [-0.3, -0.25) is 0 Å². The van der Waals surface area contributed by atoms with Gasteiger partial charge in [-0.2, -0.15) is 0 Å². The van der Waals surface area contributed by atoms with Gasteiger partial charge >= 0.3 is 6.36 Å². The minimum atomic E-state index is -4.72. The molecule has 0 radical (unpaired) electrons. The molecule has 0 fully saturated rings. The number of halogens is 3. The van der Waals surface area contributed by atoms with Gasteiger partial charge in [-0.1, -0.05) is 17.7 Å². The van der Waals surface area contributed by atoms with Gasteiger partial charge in [0.05, 0.1) is 11.3 Å². The van der Waals surface area contributed by atoms with Gasteiger partial charge in [-0.15, -0.1) is 13.2 Å². The third kappa shape index (κ3) is 4.11. The Balaban J connectivity index is 3.10. The zero-order chi connectivity index (χ0) is 13.1. The zero-order valence-electron chi connectivity index (χ0n) is 9.18. The Morgan fingerprint density at radius 3 is 2.47 bits per heavy atom. The number of benzene rings is 1. The first-order valence-corrected chi connectivity index (χ1v) is 5.76. The van der Waals surface area contributed by atoms with Crippen molar-refractivity contribution in [1.29, 1.82) is 0 Å². The highest BCUT2D eigenvalue weighted by Gasteiger charge is 2.31. The normalized spacial score (nSPS) is 10.6. The van der Waals surface area contributed by atoms with Crippen LogP contribution in [0.2, 0.25) is 0 Å². The molecule has 2 nitrogen and oxygen atoms in total. The summed E-state index contributed by atoms with van der Waals surface area (Å²) in [5.41, 5.74) is 6.86. The van der Waals surface area contributed by atoms with E-state index in [4.69, 9.17) is 5.73 Å². The van der Waals surface area contributed by atoms with Crippen LogP contribution in [0.25, 0.3) is 0 Å². The van der Waals surface area contributed by atoms with Crippen LogP contribution in [0.5, 0.6) is 5.75 Å². The molecule has 0 aliphatic carbocycles. The number of hydrogen-bond acceptors (Lipinski definition) is 3. The van der Waals surface area contributed by atoms with Crippen LogP contribution in [-0.4, -0.2) is 12.6 Å². The molecular formula is C11H10F3NOS. The van der Waals surface area contributed by atoms with Gasteiger partial charge in [0.1, 0.15) is 5.75 Å². The summed E-state index contributed by atoms with van der Waals surface area (Å²) < 4.78 is 39.8. The predicted octanol–water partition coefficient (Wildman–Crippen LogP) is 3.15. The Morgan fingerprint density at radius 1 is 1.35 bits per heavy atom. The molecule has 1 aromatic rings. The highest BCUT2D eigenvalue weighted by Crippen LogP contribution is 2.28. The Kier molecular flexibility index (Phi) is 4.18. The Bertz CT molecular complexity index is 451. The third-order valence-electron chi connectivity index (χ3n) is 1.85. The Labute approximate surface area is 101 Å². The van der Waals surface area contributed by atoms with Gasteiger partial charge in [0.2, 0.25) is 0 Å². The summed E-state index contributed by atoms with van der Waals surface area (Å²) in [5.74, 6) is 2.44. The van der Waals surface area contributed by atoms with E-state index in [-0.39, 0.29) is 11.4 Å². The lowest BCUT2D eigenvalue weighted by molar-refractivity contribution is -0.274. The van der Waals surface area contributed by atoms with Gasteiger partial charge in [0.25, 0.3) is 0 Å². The van der Waals surface area contributed by atoms with E-state index in [0.29, 0.717) is 11.1 Å². The fraction of sp³-hybridized carbons (Fsp3) is 0.273. The summed E-state index contributed by atoms with van der Waals surface area (Å²) in [5, 5.41) is 2.74. The van der Waals surface area contributed by atoms with Gasteiger partial charge in [0, 0.05) is 6.07 Å². The van der Waals surface area contributed by atoms with Crippen molar-refractivity contribution in [2.75, 3.05) is 12.0 Å². The van der Waals surface area contributed by atoms with Crippen molar-refractivity contribution in [1.82, 2.24) is 0 Å². The molecule has 1 aromatic carbocycles. The third-order valence-corrected chi connectivity index (χ3v) is 2.16. The number of thioether (sulfide) groups is 1. The highest BCUT2D eigenvalue weighted by atomic mass is 32.2. The Hall–Kier alpha value is -1.48. The lowest BCUT2D eigenvalue weighted by Crippen LogP contribution is -2.17. The van der Waals surface area contributed by atoms with Gasteiger partial charge in [0.15, 0.2) is 0 Å². The summed E-state index contributed by atoms with van der Waals surface area (Å²) in [4.78, 5) is 0. The lowest BCUT2D eigenvalue weighted by Gasteiger charge is -2.11. The van der Waals surface area contributed by atoms with E-state index in [2.05, 4.69) is 15.9 Å². The van der Waals surface area contributed by atoms with Crippen molar-refractivity contribution in [3.63, 3.8) is 0 Å². The number of hydrogen-bond donors (Lipinski definition) is 1. The van der Waals surface area contributed by atoms with E-state index in [9.17, 15) is 13.2 Å². The van der Waals surface area contributed by atoms with Crippen molar-refractivity contribution in [3.8, 4) is 16.9 Å². The van der Waals surface area contributed by atoms with Crippen LogP contribution in [0.3, 0.4) is 0 Å². The van der Waals surface area contributed by atoms with E-state index in [1.165, 1.54) is 17.8 Å². The van der Waals surface area contributed by atoms with E-state index < -0.39 is 6.36 Å². The fourth-order valence-electron chi connectivity index (χ4n) is 1.25.